The van der Waals surface area contributed by atoms with E-state index in [4.69, 9.17) is 0 Å². The molecule has 22 heavy (non-hydrogen) atoms. The molecule has 122 valence electrons. The third-order valence-corrected chi connectivity index (χ3v) is 2.70. The Morgan fingerprint density at radius 3 is 2.05 bits per heavy atom. The largest absolute Gasteiger partial charge is 0.430 e. The fourth-order valence-electron chi connectivity index (χ4n) is 1.67. The highest BCUT2D eigenvalue weighted by atomic mass is 19.4. The second kappa shape index (κ2) is 5.64. The van der Waals surface area contributed by atoms with Gasteiger partial charge in [0.15, 0.2) is 0 Å². The minimum Gasteiger partial charge on any atom is -0.426 e. The SMILES string of the molecule is C=Cc1ccc(OC(C)=O)c(C(O)(C(F)(F)F)C(F)(F)F)c1. The Balaban J connectivity index is 3.73. The van der Waals surface area contributed by atoms with Crippen LogP contribution in [0.3, 0.4) is 0 Å². The number of rotatable bonds is 3. The first-order chi connectivity index (χ1) is 9.84. The number of carbonyl (C=O) groups excluding carboxylic acids is 1. The molecule has 3 nitrogen and oxygen atoms in total. The maximum Gasteiger partial charge on any atom is 0.430 e. The Morgan fingerprint density at radius 1 is 1.18 bits per heavy atom. The highest BCUT2D eigenvalue weighted by Gasteiger charge is 2.72. The zero-order valence-electron chi connectivity index (χ0n) is 11.0. The van der Waals surface area contributed by atoms with Gasteiger partial charge in [-0.2, -0.15) is 26.3 Å². The van der Waals surface area contributed by atoms with Gasteiger partial charge in [-0.3, -0.25) is 4.79 Å². The summed E-state index contributed by atoms with van der Waals surface area (Å²) >= 11 is 0. The molecule has 0 fully saturated rings. The van der Waals surface area contributed by atoms with Crippen molar-refractivity contribution in [3.63, 3.8) is 0 Å². The molecule has 0 unspecified atom stereocenters. The van der Waals surface area contributed by atoms with Gasteiger partial charge >= 0.3 is 18.3 Å². The van der Waals surface area contributed by atoms with Crippen LogP contribution in [0, 0.1) is 0 Å². The molecule has 9 heteroatoms. The third-order valence-electron chi connectivity index (χ3n) is 2.70. The van der Waals surface area contributed by atoms with Gasteiger partial charge < -0.3 is 9.84 Å². The first kappa shape index (κ1) is 18.0. The lowest BCUT2D eigenvalue weighted by molar-refractivity contribution is -0.376. The van der Waals surface area contributed by atoms with E-state index in [0.29, 0.717) is 6.07 Å². The van der Waals surface area contributed by atoms with Crippen LogP contribution in [0.4, 0.5) is 26.3 Å². The Morgan fingerprint density at radius 2 is 1.68 bits per heavy atom. The van der Waals surface area contributed by atoms with Crippen molar-refractivity contribution in [1.29, 1.82) is 0 Å². The van der Waals surface area contributed by atoms with Crippen molar-refractivity contribution in [1.82, 2.24) is 0 Å². The van der Waals surface area contributed by atoms with Crippen LogP contribution in [-0.4, -0.2) is 23.4 Å². The van der Waals surface area contributed by atoms with Crippen molar-refractivity contribution in [2.45, 2.75) is 24.9 Å². The summed E-state index contributed by atoms with van der Waals surface area (Å²) < 4.78 is 81.8. The van der Waals surface area contributed by atoms with E-state index in [9.17, 15) is 36.2 Å². The number of hydrogen-bond donors (Lipinski definition) is 1. The van der Waals surface area contributed by atoms with E-state index in [1.54, 1.807) is 0 Å². The number of benzene rings is 1. The van der Waals surface area contributed by atoms with E-state index in [1.807, 2.05) is 0 Å². The zero-order valence-corrected chi connectivity index (χ0v) is 11.0. The quantitative estimate of drug-likeness (QED) is 0.524. The average molecular weight is 328 g/mol. The molecular formula is C13H10F6O3. The summed E-state index contributed by atoms with van der Waals surface area (Å²) in [6, 6.07) is 2.21. The van der Waals surface area contributed by atoms with Gasteiger partial charge in [0.25, 0.3) is 5.60 Å². The summed E-state index contributed by atoms with van der Waals surface area (Å²) in [6.07, 6.45) is -11.2. The molecule has 0 amide bonds. The molecule has 0 atom stereocenters. The van der Waals surface area contributed by atoms with Gasteiger partial charge in [0.2, 0.25) is 0 Å². The number of esters is 1. The van der Waals surface area contributed by atoms with Crippen molar-refractivity contribution >= 4 is 12.0 Å². The van der Waals surface area contributed by atoms with Gasteiger partial charge in [-0.25, -0.2) is 0 Å². The van der Waals surface area contributed by atoms with Crippen LogP contribution in [0.5, 0.6) is 5.75 Å². The Kier molecular flexibility index (Phi) is 4.62. The van der Waals surface area contributed by atoms with Crippen LogP contribution in [0.25, 0.3) is 6.08 Å². The molecule has 0 aliphatic heterocycles. The van der Waals surface area contributed by atoms with Crippen molar-refractivity contribution in [2.75, 3.05) is 0 Å². The molecule has 0 aliphatic rings. The van der Waals surface area contributed by atoms with E-state index in [1.165, 1.54) is 0 Å². The summed E-state index contributed by atoms with van der Waals surface area (Å²) in [7, 11) is 0. The fraction of sp³-hybridized carbons (Fsp3) is 0.308. The van der Waals surface area contributed by atoms with Crippen molar-refractivity contribution in [3.8, 4) is 5.75 Å². The van der Waals surface area contributed by atoms with Crippen molar-refractivity contribution in [3.05, 3.63) is 35.9 Å². The van der Waals surface area contributed by atoms with Crippen molar-refractivity contribution < 1.29 is 41.0 Å². The molecule has 1 aromatic carbocycles. The topological polar surface area (TPSA) is 46.5 Å². The third kappa shape index (κ3) is 3.08. The molecule has 0 aliphatic carbocycles. The second-order valence-electron chi connectivity index (χ2n) is 4.26. The van der Waals surface area contributed by atoms with Crippen LogP contribution >= 0.6 is 0 Å². The monoisotopic (exact) mass is 328 g/mol. The molecule has 0 aromatic heterocycles. The second-order valence-corrected chi connectivity index (χ2v) is 4.26. The smallest absolute Gasteiger partial charge is 0.426 e. The van der Waals surface area contributed by atoms with Crippen LogP contribution in [0.2, 0.25) is 0 Å². The van der Waals surface area contributed by atoms with Crippen LogP contribution in [-0.2, 0) is 10.4 Å². The lowest BCUT2D eigenvalue weighted by atomic mass is 9.90. The van der Waals surface area contributed by atoms with Gasteiger partial charge in [0.1, 0.15) is 5.75 Å². The minimum absolute atomic E-state index is 0.127. The predicted molar refractivity (Wildman–Crippen MR) is 63.8 cm³/mol. The van der Waals surface area contributed by atoms with E-state index < -0.39 is 35.2 Å². The van der Waals surface area contributed by atoms with Gasteiger partial charge in [-0.05, 0) is 17.7 Å². The lowest BCUT2D eigenvalue weighted by Crippen LogP contribution is -2.54. The van der Waals surface area contributed by atoms with Gasteiger partial charge in [-0.1, -0.05) is 18.7 Å². The highest BCUT2D eigenvalue weighted by molar-refractivity contribution is 5.70. The maximum atomic E-state index is 12.9. The zero-order chi connectivity index (χ0) is 17.3. The van der Waals surface area contributed by atoms with Gasteiger partial charge in [0.05, 0.1) is 0 Å². The average Bonchev–Trinajstić information content (AvgIpc) is 2.35. The number of aliphatic hydroxyl groups is 1. The molecule has 1 rings (SSSR count). The van der Waals surface area contributed by atoms with E-state index >= 15 is 0 Å². The van der Waals surface area contributed by atoms with E-state index in [-0.39, 0.29) is 5.56 Å². The molecule has 0 saturated carbocycles. The Labute approximate surface area is 120 Å². The first-order valence-electron chi connectivity index (χ1n) is 5.65. The summed E-state index contributed by atoms with van der Waals surface area (Å²) in [5.41, 5.74) is -6.96. The van der Waals surface area contributed by atoms with E-state index in [0.717, 1.165) is 25.1 Å². The number of alkyl halides is 6. The maximum absolute atomic E-state index is 12.9. The standard InChI is InChI=1S/C13H10F6O3/c1-3-8-4-5-10(22-7(2)20)9(6-8)11(21,12(14,15)16)13(17,18)19/h3-6,21H,1H2,2H3. The minimum atomic E-state index is -6.08. The van der Waals surface area contributed by atoms with Crippen LogP contribution < -0.4 is 4.74 Å². The normalized spacial score (nSPS) is 12.9. The molecule has 1 aromatic rings. The number of hydrogen-bond acceptors (Lipinski definition) is 3. The molecule has 1 N–H and O–H groups in total. The lowest BCUT2D eigenvalue weighted by Gasteiger charge is -2.33. The first-order valence-corrected chi connectivity index (χ1v) is 5.65. The van der Waals surface area contributed by atoms with Crippen LogP contribution in [0.1, 0.15) is 18.1 Å². The molecular weight excluding hydrogens is 318 g/mol. The molecule has 0 heterocycles. The summed E-state index contributed by atoms with van der Waals surface area (Å²) in [5.74, 6) is -2.19. The highest BCUT2D eigenvalue weighted by Crippen LogP contribution is 2.52. The Bertz CT molecular complexity index is 574. The summed E-state index contributed by atoms with van der Waals surface area (Å²) in [5, 5.41) is 9.39. The number of ether oxygens (including phenoxy) is 1. The molecule has 0 radical (unpaired) electrons. The summed E-state index contributed by atoms with van der Waals surface area (Å²) in [4.78, 5) is 10.9. The van der Waals surface area contributed by atoms with E-state index in [2.05, 4.69) is 11.3 Å². The molecule has 0 bridgehead atoms. The predicted octanol–water partition coefficient (Wildman–Crippen LogP) is 3.57. The Hall–Kier alpha value is -2.03. The molecule has 0 saturated heterocycles. The van der Waals surface area contributed by atoms with Crippen LogP contribution in [0.15, 0.2) is 24.8 Å². The fourth-order valence-corrected chi connectivity index (χ4v) is 1.67. The van der Waals surface area contributed by atoms with Crippen molar-refractivity contribution in [2.24, 2.45) is 0 Å². The van der Waals surface area contributed by atoms with Gasteiger partial charge in [0, 0.05) is 12.5 Å². The van der Waals surface area contributed by atoms with Gasteiger partial charge in [-0.15, -0.1) is 0 Å². The molecule has 0 spiro atoms. The number of halogens is 6. The summed E-state index contributed by atoms with van der Waals surface area (Å²) in [6.45, 7) is 4.01. The number of carbonyl (C=O) groups is 1.